The van der Waals surface area contributed by atoms with E-state index in [2.05, 4.69) is 36.4 Å². The minimum Gasteiger partial charge on any atom is -0.436 e. The minimum atomic E-state index is -3.41. The SMILES string of the molecule is Cc1c(-c2nc3ccccc3o2)cc(C(C)(C)C)n1CCCOS(C)(=O)=O. The van der Waals surface area contributed by atoms with Crippen LogP contribution in [0.3, 0.4) is 0 Å². The molecule has 0 fully saturated rings. The first kappa shape index (κ1) is 19.6. The molecule has 0 aliphatic carbocycles. The van der Waals surface area contributed by atoms with Crippen molar-refractivity contribution in [3.05, 3.63) is 41.7 Å². The van der Waals surface area contributed by atoms with Gasteiger partial charge in [0.25, 0.3) is 10.1 Å². The molecule has 7 heteroatoms. The van der Waals surface area contributed by atoms with Crippen LogP contribution in [0.5, 0.6) is 0 Å². The highest BCUT2D eigenvalue weighted by atomic mass is 32.2. The molecular weight excluding hydrogens is 364 g/mol. The maximum atomic E-state index is 11.2. The maximum absolute atomic E-state index is 11.2. The van der Waals surface area contributed by atoms with Gasteiger partial charge in [0.05, 0.1) is 18.4 Å². The number of nitrogens with zero attached hydrogens (tertiary/aromatic N) is 2. The van der Waals surface area contributed by atoms with Crippen molar-refractivity contribution >= 4 is 21.2 Å². The van der Waals surface area contributed by atoms with Gasteiger partial charge < -0.3 is 8.98 Å². The van der Waals surface area contributed by atoms with E-state index < -0.39 is 10.1 Å². The van der Waals surface area contributed by atoms with Crippen molar-refractivity contribution < 1.29 is 17.0 Å². The highest BCUT2D eigenvalue weighted by Crippen LogP contribution is 2.34. The summed E-state index contributed by atoms with van der Waals surface area (Å²) in [5, 5.41) is 0. The van der Waals surface area contributed by atoms with Crippen LogP contribution in [0.2, 0.25) is 0 Å². The third-order valence-electron chi connectivity index (χ3n) is 4.48. The van der Waals surface area contributed by atoms with E-state index in [9.17, 15) is 8.42 Å². The Morgan fingerprint density at radius 3 is 2.56 bits per heavy atom. The first-order valence-corrected chi connectivity index (χ1v) is 10.8. The third kappa shape index (κ3) is 4.42. The fourth-order valence-electron chi connectivity index (χ4n) is 3.19. The third-order valence-corrected chi connectivity index (χ3v) is 5.08. The molecule has 1 aromatic carbocycles. The Balaban J connectivity index is 1.95. The Morgan fingerprint density at radius 1 is 1.22 bits per heavy atom. The molecule has 0 unspecified atom stereocenters. The first-order valence-electron chi connectivity index (χ1n) is 8.97. The van der Waals surface area contributed by atoms with Gasteiger partial charge in [-0.3, -0.25) is 4.18 Å². The molecule has 0 atom stereocenters. The Labute approximate surface area is 160 Å². The summed E-state index contributed by atoms with van der Waals surface area (Å²) in [6.07, 6.45) is 1.67. The van der Waals surface area contributed by atoms with Crippen LogP contribution < -0.4 is 0 Å². The van der Waals surface area contributed by atoms with Crippen molar-refractivity contribution in [2.24, 2.45) is 0 Å². The molecule has 6 nitrogen and oxygen atoms in total. The van der Waals surface area contributed by atoms with Gasteiger partial charge in [0.2, 0.25) is 5.89 Å². The van der Waals surface area contributed by atoms with Crippen LogP contribution in [0.4, 0.5) is 0 Å². The number of hydrogen-bond acceptors (Lipinski definition) is 5. The molecule has 0 aliphatic heterocycles. The van der Waals surface area contributed by atoms with Crippen LogP contribution >= 0.6 is 0 Å². The summed E-state index contributed by atoms with van der Waals surface area (Å²) < 4.78 is 35.4. The zero-order chi connectivity index (χ0) is 19.8. The van der Waals surface area contributed by atoms with Crippen molar-refractivity contribution in [1.82, 2.24) is 9.55 Å². The van der Waals surface area contributed by atoms with Gasteiger partial charge in [0.15, 0.2) is 5.58 Å². The topological polar surface area (TPSA) is 74.3 Å². The number of rotatable bonds is 6. The van der Waals surface area contributed by atoms with Crippen LogP contribution in [0, 0.1) is 6.92 Å². The first-order chi connectivity index (χ1) is 12.6. The van der Waals surface area contributed by atoms with E-state index in [1.54, 1.807) is 0 Å². The number of aromatic nitrogens is 2. The summed E-state index contributed by atoms with van der Waals surface area (Å²) in [6, 6.07) is 9.83. The van der Waals surface area contributed by atoms with Crippen LogP contribution in [0.1, 0.15) is 38.6 Å². The predicted octanol–water partition coefficient (Wildman–Crippen LogP) is 4.27. The standard InChI is InChI=1S/C20H26N2O4S/c1-14-15(19-21-16-9-6-7-10-17(16)26-19)13-18(20(2,3)4)22(14)11-8-12-25-27(5,23)24/h6-7,9-10,13H,8,11-12H2,1-5H3. The number of para-hydroxylation sites is 2. The molecule has 3 aromatic rings. The number of fused-ring (bicyclic) bond motifs is 1. The fourth-order valence-corrected chi connectivity index (χ4v) is 3.61. The van der Waals surface area contributed by atoms with Gasteiger partial charge >= 0.3 is 0 Å². The predicted molar refractivity (Wildman–Crippen MR) is 106 cm³/mol. The average molecular weight is 391 g/mol. The second-order valence-corrected chi connectivity index (χ2v) is 9.44. The average Bonchev–Trinajstić information content (AvgIpc) is 3.11. The van der Waals surface area contributed by atoms with E-state index in [0.29, 0.717) is 18.9 Å². The number of hydrogen-bond donors (Lipinski definition) is 0. The van der Waals surface area contributed by atoms with Crippen LogP contribution in [0.15, 0.2) is 34.7 Å². The lowest BCUT2D eigenvalue weighted by atomic mass is 9.92. The van der Waals surface area contributed by atoms with Gasteiger partial charge in [-0.2, -0.15) is 8.42 Å². The molecule has 0 aliphatic rings. The molecule has 0 amide bonds. The summed E-state index contributed by atoms with van der Waals surface area (Å²) >= 11 is 0. The van der Waals surface area contributed by atoms with Crippen molar-refractivity contribution in [1.29, 1.82) is 0 Å². The summed E-state index contributed by atoms with van der Waals surface area (Å²) in [4.78, 5) is 4.63. The molecule has 0 saturated heterocycles. The Hall–Kier alpha value is -2.12. The summed E-state index contributed by atoms with van der Waals surface area (Å²) in [5.74, 6) is 0.602. The molecule has 0 spiro atoms. The van der Waals surface area contributed by atoms with Gasteiger partial charge in [-0.15, -0.1) is 0 Å². The number of oxazole rings is 1. The Bertz CT molecular complexity index is 1020. The molecule has 0 saturated carbocycles. The summed E-state index contributed by atoms with van der Waals surface area (Å²) in [7, 11) is -3.41. The van der Waals surface area contributed by atoms with Crippen LogP contribution in [-0.4, -0.2) is 30.8 Å². The summed E-state index contributed by atoms with van der Waals surface area (Å²) in [6.45, 7) is 9.33. The Kier molecular flexibility index (Phi) is 5.18. The van der Waals surface area contributed by atoms with E-state index >= 15 is 0 Å². The van der Waals surface area contributed by atoms with Gasteiger partial charge in [0, 0.05) is 23.3 Å². The quantitative estimate of drug-likeness (QED) is 0.464. The van der Waals surface area contributed by atoms with E-state index in [1.165, 1.54) is 0 Å². The highest BCUT2D eigenvalue weighted by Gasteiger charge is 2.24. The van der Waals surface area contributed by atoms with Gasteiger partial charge in [-0.05, 0) is 31.5 Å². The lowest BCUT2D eigenvalue weighted by Gasteiger charge is -2.22. The normalized spacial score (nSPS) is 12.8. The zero-order valence-electron chi connectivity index (χ0n) is 16.4. The molecule has 2 aromatic heterocycles. The van der Waals surface area contributed by atoms with E-state index in [1.807, 2.05) is 31.2 Å². The van der Waals surface area contributed by atoms with Crippen molar-refractivity contribution in [3.63, 3.8) is 0 Å². The molecule has 146 valence electrons. The highest BCUT2D eigenvalue weighted by molar-refractivity contribution is 7.85. The van der Waals surface area contributed by atoms with Crippen LogP contribution in [-0.2, 0) is 26.3 Å². The minimum absolute atomic E-state index is 0.0767. The molecule has 0 bridgehead atoms. The van der Waals surface area contributed by atoms with Crippen LogP contribution in [0.25, 0.3) is 22.6 Å². The van der Waals surface area contributed by atoms with Crippen molar-refractivity contribution in [2.75, 3.05) is 12.9 Å². The Morgan fingerprint density at radius 2 is 1.93 bits per heavy atom. The molecule has 0 radical (unpaired) electrons. The summed E-state index contributed by atoms with van der Waals surface area (Å²) in [5.41, 5.74) is 4.67. The largest absolute Gasteiger partial charge is 0.436 e. The van der Waals surface area contributed by atoms with Gasteiger partial charge in [0.1, 0.15) is 5.52 Å². The van der Waals surface area contributed by atoms with Crippen molar-refractivity contribution in [3.8, 4) is 11.5 Å². The fraction of sp³-hybridized carbons (Fsp3) is 0.450. The second kappa shape index (κ2) is 7.13. The van der Waals surface area contributed by atoms with E-state index in [4.69, 9.17) is 8.60 Å². The zero-order valence-corrected chi connectivity index (χ0v) is 17.3. The smallest absolute Gasteiger partial charge is 0.264 e. The van der Waals surface area contributed by atoms with Gasteiger partial charge in [-0.1, -0.05) is 32.9 Å². The van der Waals surface area contributed by atoms with E-state index in [0.717, 1.165) is 34.3 Å². The molecule has 0 N–H and O–H groups in total. The second-order valence-electron chi connectivity index (χ2n) is 7.80. The molecule has 3 rings (SSSR count). The monoisotopic (exact) mass is 390 g/mol. The van der Waals surface area contributed by atoms with E-state index in [-0.39, 0.29) is 12.0 Å². The van der Waals surface area contributed by atoms with Gasteiger partial charge in [-0.25, -0.2) is 4.98 Å². The lowest BCUT2D eigenvalue weighted by Crippen LogP contribution is -2.19. The van der Waals surface area contributed by atoms with Crippen molar-refractivity contribution in [2.45, 2.75) is 46.1 Å². The number of benzene rings is 1. The lowest BCUT2D eigenvalue weighted by molar-refractivity contribution is 0.304. The molecule has 27 heavy (non-hydrogen) atoms. The molecular formula is C20H26N2O4S. The molecule has 2 heterocycles. The maximum Gasteiger partial charge on any atom is 0.264 e.